The number of rotatable bonds is 5. The maximum atomic E-state index is 5.49. The van der Waals surface area contributed by atoms with Crippen molar-refractivity contribution in [1.29, 1.82) is 0 Å². The Hall–Kier alpha value is -8.01. The van der Waals surface area contributed by atoms with Crippen LogP contribution < -0.4 is 0 Å². The van der Waals surface area contributed by atoms with Crippen molar-refractivity contribution < 1.29 is 0 Å². The lowest BCUT2D eigenvalue weighted by atomic mass is 9.66. The van der Waals surface area contributed by atoms with Crippen molar-refractivity contribution in [1.82, 2.24) is 15.0 Å². The molecule has 0 saturated carbocycles. The largest absolute Gasteiger partial charge is 0.208 e. The quantitative estimate of drug-likeness (QED) is 0.175. The van der Waals surface area contributed by atoms with Gasteiger partial charge in [0.15, 0.2) is 17.5 Å². The van der Waals surface area contributed by atoms with E-state index >= 15 is 0 Å². The van der Waals surface area contributed by atoms with Crippen LogP contribution in [0.3, 0.4) is 0 Å². The lowest BCUT2D eigenvalue weighted by molar-refractivity contribution is 0.775. The third kappa shape index (κ3) is 5.34. The van der Waals surface area contributed by atoms with Gasteiger partial charge in [-0.2, -0.15) is 0 Å². The van der Waals surface area contributed by atoms with Crippen molar-refractivity contribution in [3.63, 3.8) is 0 Å². The lowest BCUT2D eigenvalue weighted by Crippen LogP contribution is -2.29. The molecule has 0 aliphatic heterocycles. The first-order valence-corrected chi connectivity index (χ1v) is 20.9. The Morgan fingerprint density at radius 1 is 0.213 bits per heavy atom. The van der Waals surface area contributed by atoms with E-state index in [2.05, 4.69) is 224 Å². The third-order valence-electron chi connectivity index (χ3n) is 12.6. The van der Waals surface area contributed by atoms with Gasteiger partial charge in [0, 0.05) is 16.7 Å². The normalized spacial score (nSPS) is 12.7. The van der Waals surface area contributed by atoms with Crippen molar-refractivity contribution in [2.75, 3.05) is 0 Å². The summed E-state index contributed by atoms with van der Waals surface area (Å²) in [6, 6.07) is 80.5. The van der Waals surface area contributed by atoms with Crippen LogP contribution in [-0.2, 0) is 5.41 Å². The van der Waals surface area contributed by atoms with Gasteiger partial charge in [-0.1, -0.05) is 224 Å². The minimum Gasteiger partial charge on any atom is -0.208 e. The van der Waals surface area contributed by atoms with Crippen LogP contribution in [0.15, 0.2) is 224 Å². The molecule has 1 aromatic heterocycles. The second-order valence-corrected chi connectivity index (χ2v) is 15.8. The predicted octanol–water partition coefficient (Wildman–Crippen LogP) is 14.2. The van der Waals surface area contributed by atoms with Gasteiger partial charge in [-0.25, -0.2) is 15.0 Å². The van der Waals surface area contributed by atoms with E-state index in [1.165, 1.54) is 50.1 Å². The number of nitrogens with zero attached hydrogens (tertiary/aromatic N) is 3. The molecule has 0 saturated heterocycles. The van der Waals surface area contributed by atoms with Gasteiger partial charge in [0.25, 0.3) is 0 Å². The number of hydrogen-bond donors (Lipinski definition) is 0. The fourth-order valence-corrected chi connectivity index (χ4v) is 10.1. The van der Waals surface area contributed by atoms with Crippen LogP contribution in [0.25, 0.3) is 89.8 Å². The molecule has 1 heterocycles. The average Bonchev–Trinajstić information content (AvgIpc) is 3.59. The standard InChI is InChI=1S/C58H37N3/c1-3-20-38(21-4-1)40-24-7-11-30-46(40)55-59-56(47-31-12-8-25-41(47)39-22-5-2-6-23-39)61-57(60-55)49-33-19-37-53-54(49)48-32-15-18-36-52(48)58(53)50-34-16-13-28-44(50)42-26-9-10-27-43(42)45-29-14-17-35-51(45)58/h1-37H. The highest BCUT2D eigenvalue weighted by Gasteiger charge is 2.50. The van der Waals surface area contributed by atoms with Crippen LogP contribution in [0.1, 0.15) is 22.3 Å². The van der Waals surface area contributed by atoms with Crippen LogP contribution in [-0.4, -0.2) is 15.0 Å². The number of fused-ring (bicyclic) bond motifs is 12. The maximum Gasteiger partial charge on any atom is 0.164 e. The van der Waals surface area contributed by atoms with Gasteiger partial charge in [0.1, 0.15) is 0 Å². The molecule has 0 fully saturated rings. The highest BCUT2D eigenvalue weighted by Crippen LogP contribution is 2.62. The summed E-state index contributed by atoms with van der Waals surface area (Å²) in [6.45, 7) is 0. The molecule has 0 N–H and O–H groups in total. The fourth-order valence-electron chi connectivity index (χ4n) is 10.1. The lowest BCUT2D eigenvalue weighted by Gasteiger charge is -2.35. The summed E-state index contributed by atoms with van der Waals surface area (Å²) in [5, 5.41) is 0. The summed E-state index contributed by atoms with van der Waals surface area (Å²) in [5.41, 5.74) is 18.9. The second kappa shape index (κ2) is 14.1. The zero-order valence-corrected chi connectivity index (χ0v) is 33.2. The highest BCUT2D eigenvalue weighted by atomic mass is 15.0. The number of benzene rings is 9. The van der Waals surface area contributed by atoms with Crippen molar-refractivity contribution in [3.05, 3.63) is 247 Å². The molecule has 1 spiro atoms. The summed E-state index contributed by atoms with van der Waals surface area (Å²) in [6.07, 6.45) is 0. The Balaban J connectivity index is 1.17. The predicted molar refractivity (Wildman–Crippen MR) is 249 cm³/mol. The summed E-state index contributed by atoms with van der Waals surface area (Å²) in [7, 11) is 0. The van der Waals surface area contributed by atoms with Gasteiger partial charge >= 0.3 is 0 Å². The van der Waals surface area contributed by atoms with E-state index in [1.807, 2.05) is 0 Å². The number of aromatic nitrogens is 3. The molecule has 3 heteroatoms. The first kappa shape index (κ1) is 35.0. The minimum absolute atomic E-state index is 0.618. The molecule has 10 aromatic rings. The van der Waals surface area contributed by atoms with E-state index in [-0.39, 0.29) is 0 Å². The van der Waals surface area contributed by atoms with Crippen molar-refractivity contribution in [3.8, 4) is 89.8 Å². The molecule has 9 aromatic carbocycles. The molecule has 0 unspecified atom stereocenters. The molecule has 0 atom stereocenters. The molecule has 284 valence electrons. The van der Waals surface area contributed by atoms with Crippen LogP contribution in [0.4, 0.5) is 0 Å². The van der Waals surface area contributed by atoms with Gasteiger partial charge in [-0.15, -0.1) is 0 Å². The molecule has 12 rings (SSSR count). The van der Waals surface area contributed by atoms with Gasteiger partial charge in [-0.3, -0.25) is 0 Å². The zero-order chi connectivity index (χ0) is 40.3. The Labute approximate surface area is 355 Å². The van der Waals surface area contributed by atoms with Crippen LogP contribution in [0.5, 0.6) is 0 Å². The van der Waals surface area contributed by atoms with Gasteiger partial charge < -0.3 is 0 Å². The van der Waals surface area contributed by atoms with Crippen LogP contribution in [0.2, 0.25) is 0 Å². The maximum absolute atomic E-state index is 5.49. The van der Waals surface area contributed by atoms with Crippen molar-refractivity contribution in [2.45, 2.75) is 5.41 Å². The monoisotopic (exact) mass is 775 g/mol. The highest BCUT2D eigenvalue weighted by molar-refractivity contribution is 6.00. The second-order valence-electron chi connectivity index (χ2n) is 15.8. The van der Waals surface area contributed by atoms with E-state index in [9.17, 15) is 0 Å². The summed E-state index contributed by atoms with van der Waals surface area (Å²) in [5.74, 6) is 1.89. The van der Waals surface area contributed by atoms with E-state index in [4.69, 9.17) is 15.0 Å². The molecule has 0 radical (unpaired) electrons. The molecule has 0 amide bonds. The Morgan fingerprint density at radius 3 is 1.00 bits per heavy atom. The van der Waals surface area contributed by atoms with Crippen molar-refractivity contribution >= 4 is 0 Å². The van der Waals surface area contributed by atoms with Crippen LogP contribution in [0, 0.1) is 0 Å². The van der Waals surface area contributed by atoms with Crippen molar-refractivity contribution in [2.24, 2.45) is 0 Å². The zero-order valence-electron chi connectivity index (χ0n) is 33.2. The van der Waals surface area contributed by atoms with Crippen LogP contribution >= 0.6 is 0 Å². The summed E-state index contributed by atoms with van der Waals surface area (Å²) < 4.78 is 0. The molecule has 0 bridgehead atoms. The topological polar surface area (TPSA) is 38.7 Å². The first-order valence-electron chi connectivity index (χ1n) is 20.9. The molecule has 2 aliphatic rings. The molecule has 61 heavy (non-hydrogen) atoms. The Morgan fingerprint density at radius 2 is 0.525 bits per heavy atom. The van der Waals surface area contributed by atoms with E-state index in [0.717, 1.165) is 44.5 Å². The molecular formula is C58H37N3. The molecular weight excluding hydrogens is 739 g/mol. The Kier molecular flexibility index (Phi) is 8.07. The fraction of sp³-hybridized carbons (Fsp3) is 0.0172. The van der Waals surface area contributed by atoms with E-state index < -0.39 is 5.41 Å². The summed E-state index contributed by atoms with van der Waals surface area (Å²) in [4.78, 5) is 16.3. The minimum atomic E-state index is -0.618. The Bertz CT molecular complexity index is 3150. The van der Waals surface area contributed by atoms with Gasteiger partial charge in [-0.05, 0) is 77.9 Å². The third-order valence-corrected chi connectivity index (χ3v) is 12.6. The molecule has 2 aliphatic carbocycles. The number of hydrogen-bond acceptors (Lipinski definition) is 3. The summed E-state index contributed by atoms with van der Waals surface area (Å²) >= 11 is 0. The SMILES string of the molecule is c1ccc(-c2ccccc2-c2nc(-c3ccccc3-c3ccccc3)nc(-c3cccc4c3-c3ccccc3C43c4ccccc4-c4ccccc4-c4ccccc43)n2)cc1. The van der Waals surface area contributed by atoms with E-state index in [0.29, 0.717) is 17.5 Å². The van der Waals surface area contributed by atoms with Gasteiger partial charge in [0.2, 0.25) is 0 Å². The average molecular weight is 776 g/mol. The van der Waals surface area contributed by atoms with E-state index in [1.54, 1.807) is 0 Å². The smallest absolute Gasteiger partial charge is 0.164 e. The van der Waals surface area contributed by atoms with Gasteiger partial charge in [0.05, 0.1) is 5.41 Å². The first-order chi connectivity index (χ1) is 30.3. The molecule has 3 nitrogen and oxygen atoms in total.